The van der Waals surface area contributed by atoms with E-state index in [1.807, 2.05) is 11.3 Å². The van der Waals surface area contributed by atoms with Crippen molar-refractivity contribution in [1.29, 1.82) is 0 Å². The van der Waals surface area contributed by atoms with Gasteiger partial charge in [-0.05, 0) is 88.0 Å². The second-order valence-corrected chi connectivity index (χ2v) is 16.3. The standard InChI is InChI=1S/C51H34N2S/c1-51(2)41-18-7-3-12-35(41)36-27-26-33(30-42(36)51)53-44-20-9-5-15-40(44)49-46(53)29-28-45-48(49)39-14-4-8-19-43(39)52(45)32-24-22-31(23-25-32)34-16-11-17-38-37-13-6-10-21-47(37)54-50(34)38/h3-30H,1-2H3. The molecule has 1 aliphatic rings. The molecular formula is C51H34N2S. The quantitative estimate of drug-likeness (QED) is 0.173. The van der Waals surface area contributed by atoms with Crippen LogP contribution in [-0.4, -0.2) is 9.13 Å². The lowest BCUT2D eigenvalue weighted by molar-refractivity contribution is 0.660. The molecule has 0 saturated carbocycles. The maximum absolute atomic E-state index is 2.49. The van der Waals surface area contributed by atoms with E-state index in [4.69, 9.17) is 0 Å². The van der Waals surface area contributed by atoms with Crippen molar-refractivity contribution in [3.8, 4) is 33.6 Å². The lowest BCUT2D eigenvalue weighted by atomic mass is 9.82. The van der Waals surface area contributed by atoms with Crippen molar-refractivity contribution in [3.05, 3.63) is 181 Å². The van der Waals surface area contributed by atoms with Crippen molar-refractivity contribution in [2.45, 2.75) is 19.3 Å². The number of thiophene rings is 1. The second kappa shape index (κ2) is 10.8. The SMILES string of the molecule is CC1(C)c2ccccc2-c2ccc(-n3c4ccccc4c4c5c6ccccc6n(-c6ccc(-c7cccc8c7sc7ccccc78)cc6)c5ccc43)cc21. The smallest absolute Gasteiger partial charge is 0.0548 e. The van der Waals surface area contributed by atoms with Crippen LogP contribution in [-0.2, 0) is 5.41 Å². The monoisotopic (exact) mass is 706 g/mol. The van der Waals surface area contributed by atoms with Crippen LogP contribution in [0.15, 0.2) is 170 Å². The van der Waals surface area contributed by atoms with Crippen molar-refractivity contribution in [2.24, 2.45) is 0 Å². The fraction of sp³-hybridized carbons (Fsp3) is 0.0588. The highest BCUT2D eigenvalue weighted by Crippen LogP contribution is 2.50. The van der Waals surface area contributed by atoms with Gasteiger partial charge in [-0.2, -0.15) is 0 Å². The maximum Gasteiger partial charge on any atom is 0.0548 e. The molecule has 254 valence electrons. The molecule has 8 aromatic carbocycles. The molecule has 11 aromatic rings. The number of benzene rings is 8. The normalized spacial score (nSPS) is 13.5. The van der Waals surface area contributed by atoms with E-state index in [2.05, 4.69) is 193 Å². The first-order valence-corrected chi connectivity index (χ1v) is 19.6. The Bertz CT molecular complexity index is 3350. The molecule has 54 heavy (non-hydrogen) atoms. The lowest BCUT2D eigenvalue weighted by Crippen LogP contribution is -2.15. The van der Waals surface area contributed by atoms with Gasteiger partial charge in [0.05, 0.1) is 22.1 Å². The van der Waals surface area contributed by atoms with Crippen LogP contribution in [0.1, 0.15) is 25.0 Å². The highest BCUT2D eigenvalue weighted by Gasteiger charge is 2.35. The van der Waals surface area contributed by atoms with Crippen LogP contribution in [0.4, 0.5) is 0 Å². The third-order valence-electron chi connectivity index (χ3n) is 12.1. The summed E-state index contributed by atoms with van der Waals surface area (Å²) in [6, 6.07) is 63.2. The van der Waals surface area contributed by atoms with Gasteiger partial charge in [-0.25, -0.2) is 0 Å². The number of hydrogen-bond acceptors (Lipinski definition) is 1. The third kappa shape index (κ3) is 3.94. The summed E-state index contributed by atoms with van der Waals surface area (Å²) in [5.41, 5.74) is 15.2. The number of rotatable bonds is 3. The van der Waals surface area contributed by atoms with Gasteiger partial charge in [-0.1, -0.05) is 129 Å². The number of nitrogens with zero attached hydrogens (tertiary/aromatic N) is 2. The van der Waals surface area contributed by atoms with E-state index in [0.29, 0.717) is 0 Å². The van der Waals surface area contributed by atoms with Gasteiger partial charge in [0, 0.05) is 58.5 Å². The van der Waals surface area contributed by atoms with E-state index in [0.717, 1.165) is 5.69 Å². The predicted octanol–water partition coefficient (Wildman–Crippen LogP) is 14.2. The average molecular weight is 707 g/mol. The Hall–Kier alpha value is -6.42. The van der Waals surface area contributed by atoms with Gasteiger partial charge in [0.15, 0.2) is 0 Å². The number of para-hydroxylation sites is 2. The molecule has 1 aliphatic carbocycles. The number of aromatic nitrogens is 2. The molecule has 0 saturated heterocycles. The van der Waals surface area contributed by atoms with E-state index < -0.39 is 0 Å². The Morgan fingerprint density at radius 1 is 0.407 bits per heavy atom. The van der Waals surface area contributed by atoms with Gasteiger partial charge in [0.1, 0.15) is 0 Å². The summed E-state index contributed by atoms with van der Waals surface area (Å²) >= 11 is 1.89. The van der Waals surface area contributed by atoms with Crippen molar-refractivity contribution in [1.82, 2.24) is 9.13 Å². The summed E-state index contributed by atoms with van der Waals surface area (Å²) < 4.78 is 7.62. The van der Waals surface area contributed by atoms with Gasteiger partial charge in [0.2, 0.25) is 0 Å². The molecular weight excluding hydrogens is 673 g/mol. The first kappa shape index (κ1) is 30.1. The summed E-state index contributed by atoms with van der Waals surface area (Å²) in [6.45, 7) is 4.73. The minimum absolute atomic E-state index is 0.0681. The molecule has 0 bridgehead atoms. The largest absolute Gasteiger partial charge is 0.309 e. The van der Waals surface area contributed by atoms with Gasteiger partial charge < -0.3 is 9.13 Å². The Morgan fingerprint density at radius 3 is 1.70 bits per heavy atom. The second-order valence-electron chi connectivity index (χ2n) is 15.3. The maximum atomic E-state index is 2.49. The summed E-state index contributed by atoms with van der Waals surface area (Å²) in [5.74, 6) is 0. The molecule has 0 amide bonds. The number of fused-ring (bicyclic) bond motifs is 13. The van der Waals surface area contributed by atoms with Crippen molar-refractivity contribution >= 4 is 75.1 Å². The molecule has 0 fully saturated rings. The minimum Gasteiger partial charge on any atom is -0.309 e. The summed E-state index contributed by atoms with van der Waals surface area (Å²) in [5, 5.41) is 7.80. The molecule has 12 rings (SSSR count). The van der Waals surface area contributed by atoms with Crippen molar-refractivity contribution in [3.63, 3.8) is 0 Å². The van der Waals surface area contributed by atoms with Crippen LogP contribution in [0.5, 0.6) is 0 Å². The summed E-state index contributed by atoms with van der Waals surface area (Å²) in [7, 11) is 0. The average Bonchev–Trinajstić information content (AvgIpc) is 3.93. The van der Waals surface area contributed by atoms with Gasteiger partial charge in [0.25, 0.3) is 0 Å². The van der Waals surface area contributed by atoms with Crippen LogP contribution < -0.4 is 0 Å². The van der Waals surface area contributed by atoms with Crippen LogP contribution in [0.2, 0.25) is 0 Å². The molecule has 0 aliphatic heterocycles. The predicted molar refractivity (Wildman–Crippen MR) is 231 cm³/mol. The molecule has 3 heterocycles. The highest BCUT2D eigenvalue weighted by molar-refractivity contribution is 7.26. The Kier molecular flexibility index (Phi) is 6.03. The molecule has 3 heteroatoms. The molecule has 3 aromatic heterocycles. The summed E-state index contributed by atoms with van der Waals surface area (Å²) in [6.07, 6.45) is 0. The van der Waals surface area contributed by atoms with Crippen LogP contribution in [0.25, 0.3) is 97.4 Å². The van der Waals surface area contributed by atoms with Crippen molar-refractivity contribution in [2.75, 3.05) is 0 Å². The van der Waals surface area contributed by atoms with Crippen LogP contribution in [0.3, 0.4) is 0 Å². The topological polar surface area (TPSA) is 9.86 Å². The Morgan fingerprint density at radius 2 is 0.963 bits per heavy atom. The van der Waals surface area contributed by atoms with E-state index in [1.165, 1.54) is 103 Å². The fourth-order valence-corrected chi connectivity index (χ4v) is 10.9. The Balaban J connectivity index is 1.06. The van der Waals surface area contributed by atoms with E-state index >= 15 is 0 Å². The van der Waals surface area contributed by atoms with Crippen LogP contribution in [0, 0.1) is 0 Å². The van der Waals surface area contributed by atoms with Crippen LogP contribution >= 0.6 is 11.3 Å². The fourth-order valence-electron chi connectivity index (χ4n) is 9.67. The number of hydrogen-bond donors (Lipinski definition) is 0. The molecule has 0 radical (unpaired) electrons. The van der Waals surface area contributed by atoms with Crippen molar-refractivity contribution < 1.29 is 0 Å². The third-order valence-corrected chi connectivity index (χ3v) is 13.4. The molecule has 0 atom stereocenters. The van der Waals surface area contributed by atoms with E-state index in [9.17, 15) is 0 Å². The van der Waals surface area contributed by atoms with Gasteiger partial charge >= 0.3 is 0 Å². The Labute approximate surface area is 316 Å². The zero-order valence-corrected chi connectivity index (χ0v) is 30.8. The van der Waals surface area contributed by atoms with E-state index in [-0.39, 0.29) is 5.41 Å². The zero-order valence-electron chi connectivity index (χ0n) is 30.0. The molecule has 0 spiro atoms. The lowest BCUT2D eigenvalue weighted by Gasteiger charge is -2.22. The summed E-state index contributed by atoms with van der Waals surface area (Å²) in [4.78, 5) is 0. The minimum atomic E-state index is -0.0681. The molecule has 2 nitrogen and oxygen atoms in total. The van der Waals surface area contributed by atoms with E-state index in [1.54, 1.807) is 0 Å². The molecule has 0 N–H and O–H groups in total. The first-order valence-electron chi connectivity index (χ1n) is 18.8. The zero-order chi connectivity index (χ0) is 35.7. The van der Waals surface area contributed by atoms with Gasteiger partial charge in [-0.15, -0.1) is 11.3 Å². The highest BCUT2D eigenvalue weighted by atomic mass is 32.1. The van der Waals surface area contributed by atoms with Gasteiger partial charge in [-0.3, -0.25) is 0 Å². The first-order chi connectivity index (χ1) is 26.6. The molecule has 0 unspecified atom stereocenters.